The molecule has 1 aromatic carbocycles. The van der Waals surface area contributed by atoms with Gasteiger partial charge in [-0.3, -0.25) is 4.99 Å². The molecule has 8 heteroatoms. The third-order valence-electron chi connectivity index (χ3n) is 4.73. The normalized spacial score (nSPS) is 11.3. The van der Waals surface area contributed by atoms with Crippen LogP contribution < -0.4 is 15.4 Å². The highest BCUT2D eigenvalue weighted by molar-refractivity contribution is 14.0. The highest BCUT2D eigenvalue weighted by atomic mass is 127. The van der Waals surface area contributed by atoms with Crippen LogP contribution in [0.1, 0.15) is 39.2 Å². The second-order valence-electron chi connectivity index (χ2n) is 6.95. The molecule has 0 spiro atoms. The van der Waals surface area contributed by atoms with Crippen molar-refractivity contribution < 1.29 is 14.2 Å². The number of guanidine groups is 1. The second-order valence-corrected chi connectivity index (χ2v) is 6.95. The summed E-state index contributed by atoms with van der Waals surface area (Å²) in [5.74, 6) is 1.67. The Morgan fingerprint density at radius 3 is 2.19 bits per heavy atom. The third-order valence-corrected chi connectivity index (χ3v) is 4.73. The van der Waals surface area contributed by atoms with Gasteiger partial charge < -0.3 is 29.7 Å². The molecule has 0 aliphatic heterocycles. The Morgan fingerprint density at radius 2 is 1.58 bits per heavy atom. The van der Waals surface area contributed by atoms with Crippen LogP contribution in [0.5, 0.6) is 5.75 Å². The van der Waals surface area contributed by atoms with Crippen molar-refractivity contribution in [1.82, 2.24) is 15.5 Å². The molecule has 2 N–H and O–H groups in total. The predicted octanol–water partition coefficient (Wildman–Crippen LogP) is 3.52. The maximum Gasteiger partial charge on any atom is 0.191 e. The van der Waals surface area contributed by atoms with Gasteiger partial charge in [0.15, 0.2) is 5.96 Å². The molecule has 0 saturated carbocycles. The minimum Gasteiger partial charge on any atom is -0.492 e. The Bertz CT molecular complexity index is 554. The van der Waals surface area contributed by atoms with E-state index in [1.54, 1.807) is 7.05 Å². The van der Waals surface area contributed by atoms with Crippen LogP contribution in [0.25, 0.3) is 0 Å². The van der Waals surface area contributed by atoms with Gasteiger partial charge in [-0.25, -0.2) is 0 Å². The molecule has 0 unspecified atom stereocenters. The van der Waals surface area contributed by atoms with E-state index in [0.717, 1.165) is 50.8 Å². The summed E-state index contributed by atoms with van der Waals surface area (Å²) in [5, 5.41) is 6.57. The molecular formula is C23H43IN4O3. The van der Waals surface area contributed by atoms with E-state index in [1.165, 1.54) is 5.56 Å². The SMILES string of the molecule is CCCCOCCOCCNC(=NC)NCc1ccc(OCCN(CC)CC)cc1.I. The molecule has 0 aliphatic rings. The van der Waals surface area contributed by atoms with Crippen molar-refractivity contribution in [3.05, 3.63) is 29.8 Å². The zero-order chi connectivity index (χ0) is 21.9. The van der Waals surface area contributed by atoms with Gasteiger partial charge in [0.1, 0.15) is 12.4 Å². The summed E-state index contributed by atoms with van der Waals surface area (Å²) in [7, 11) is 1.77. The van der Waals surface area contributed by atoms with Gasteiger partial charge in [0, 0.05) is 33.3 Å². The first-order valence-electron chi connectivity index (χ1n) is 11.3. The van der Waals surface area contributed by atoms with E-state index in [4.69, 9.17) is 14.2 Å². The molecule has 0 amide bonds. The van der Waals surface area contributed by atoms with Crippen molar-refractivity contribution in [3.8, 4) is 5.75 Å². The highest BCUT2D eigenvalue weighted by Crippen LogP contribution is 2.12. The van der Waals surface area contributed by atoms with E-state index in [-0.39, 0.29) is 24.0 Å². The lowest BCUT2D eigenvalue weighted by Gasteiger charge is -2.18. The first-order chi connectivity index (χ1) is 14.7. The van der Waals surface area contributed by atoms with Crippen molar-refractivity contribution in [3.63, 3.8) is 0 Å². The van der Waals surface area contributed by atoms with E-state index in [2.05, 4.69) is 53.4 Å². The van der Waals surface area contributed by atoms with Gasteiger partial charge in [-0.1, -0.05) is 39.3 Å². The highest BCUT2D eigenvalue weighted by Gasteiger charge is 2.01. The number of nitrogens with zero attached hydrogens (tertiary/aromatic N) is 2. The molecule has 1 aromatic rings. The van der Waals surface area contributed by atoms with Crippen LogP contribution in [-0.2, 0) is 16.0 Å². The Morgan fingerprint density at radius 1 is 0.903 bits per heavy atom. The Balaban J connectivity index is 0.00000900. The smallest absolute Gasteiger partial charge is 0.191 e. The number of nitrogens with one attached hydrogen (secondary N) is 2. The monoisotopic (exact) mass is 550 g/mol. The van der Waals surface area contributed by atoms with Crippen LogP contribution in [0, 0.1) is 0 Å². The van der Waals surface area contributed by atoms with E-state index in [0.29, 0.717) is 39.5 Å². The van der Waals surface area contributed by atoms with Crippen molar-refractivity contribution >= 4 is 29.9 Å². The van der Waals surface area contributed by atoms with Crippen LogP contribution in [0.3, 0.4) is 0 Å². The van der Waals surface area contributed by atoms with Gasteiger partial charge in [-0.15, -0.1) is 24.0 Å². The van der Waals surface area contributed by atoms with Gasteiger partial charge in [0.25, 0.3) is 0 Å². The lowest BCUT2D eigenvalue weighted by molar-refractivity contribution is 0.0487. The summed E-state index contributed by atoms with van der Waals surface area (Å²) >= 11 is 0. The largest absolute Gasteiger partial charge is 0.492 e. The fourth-order valence-electron chi connectivity index (χ4n) is 2.75. The van der Waals surface area contributed by atoms with Crippen LogP contribution >= 0.6 is 24.0 Å². The molecular weight excluding hydrogens is 507 g/mol. The molecule has 0 aromatic heterocycles. The molecule has 0 heterocycles. The molecule has 0 radical (unpaired) electrons. The number of benzene rings is 1. The summed E-state index contributed by atoms with van der Waals surface area (Å²) in [4.78, 5) is 6.60. The van der Waals surface area contributed by atoms with E-state index in [1.807, 2.05) is 12.1 Å². The summed E-state index contributed by atoms with van der Waals surface area (Å²) in [5.41, 5.74) is 1.18. The third kappa shape index (κ3) is 15.4. The lowest BCUT2D eigenvalue weighted by atomic mass is 10.2. The standard InChI is InChI=1S/C23H42N4O3.HI/c1-5-8-15-28-18-19-29-16-13-25-23(24-4)26-20-21-9-11-22(12-10-21)30-17-14-27(6-2)7-3;/h9-12H,5-8,13-20H2,1-4H3,(H2,24,25,26);1H. The van der Waals surface area contributed by atoms with Crippen LogP contribution in [0.4, 0.5) is 0 Å². The van der Waals surface area contributed by atoms with Crippen molar-refractivity contribution in [2.45, 2.75) is 40.2 Å². The minimum absolute atomic E-state index is 0. The summed E-state index contributed by atoms with van der Waals surface area (Å²) in [6.07, 6.45) is 2.27. The van der Waals surface area contributed by atoms with Gasteiger partial charge in [0.05, 0.1) is 19.8 Å². The van der Waals surface area contributed by atoms with E-state index < -0.39 is 0 Å². The summed E-state index contributed by atoms with van der Waals surface area (Å²) < 4.78 is 16.9. The molecule has 0 aliphatic carbocycles. The van der Waals surface area contributed by atoms with Gasteiger partial charge in [0.2, 0.25) is 0 Å². The number of halogens is 1. The van der Waals surface area contributed by atoms with Crippen LogP contribution in [0.15, 0.2) is 29.3 Å². The summed E-state index contributed by atoms with van der Waals surface area (Å²) in [6.45, 7) is 14.4. The van der Waals surface area contributed by atoms with Gasteiger partial charge in [-0.2, -0.15) is 0 Å². The average molecular weight is 551 g/mol. The fourth-order valence-corrected chi connectivity index (χ4v) is 2.75. The maximum atomic E-state index is 5.83. The number of aliphatic imine (C=N–C) groups is 1. The number of ether oxygens (including phenoxy) is 3. The maximum absolute atomic E-state index is 5.83. The molecule has 0 atom stereocenters. The molecule has 0 saturated heterocycles. The van der Waals surface area contributed by atoms with Gasteiger partial charge >= 0.3 is 0 Å². The van der Waals surface area contributed by atoms with Crippen molar-refractivity contribution in [2.24, 2.45) is 4.99 Å². The molecule has 7 nitrogen and oxygen atoms in total. The first kappa shape index (κ1) is 29.9. The molecule has 31 heavy (non-hydrogen) atoms. The fraction of sp³-hybridized carbons (Fsp3) is 0.696. The summed E-state index contributed by atoms with van der Waals surface area (Å²) in [6, 6.07) is 8.20. The van der Waals surface area contributed by atoms with Crippen molar-refractivity contribution in [1.29, 1.82) is 0 Å². The number of rotatable bonds is 17. The van der Waals surface area contributed by atoms with E-state index >= 15 is 0 Å². The topological polar surface area (TPSA) is 67.3 Å². The predicted molar refractivity (Wildman–Crippen MR) is 140 cm³/mol. The second kappa shape index (κ2) is 20.8. The molecule has 0 fully saturated rings. The van der Waals surface area contributed by atoms with Crippen LogP contribution in [0.2, 0.25) is 0 Å². The van der Waals surface area contributed by atoms with Crippen LogP contribution in [-0.4, -0.2) is 77.1 Å². The average Bonchev–Trinajstić information content (AvgIpc) is 2.78. The number of hydrogen-bond acceptors (Lipinski definition) is 5. The Labute approximate surface area is 206 Å². The zero-order valence-corrected chi connectivity index (χ0v) is 22.2. The molecule has 1 rings (SSSR count). The Kier molecular flexibility index (Phi) is 20.0. The zero-order valence-electron chi connectivity index (χ0n) is 19.8. The minimum atomic E-state index is 0. The number of likely N-dealkylation sites (N-methyl/N-ethyl adjacent to an activating group) is 1. The molecule has 0 bridgehead atoms. The van der Waals surface area contributed by atoms with Crippen molar-refractivity contribution in [2.75, 3.05) is 66.3 Å². The number of hydrogen-bond donors (Lipinski definition) is 2. The lowest BCUT2D eigenvalue weighted by Crippen LogP contribution is -2.38. The first-order valence-corrected chi connectivity index (χ1v) is 11.3. The quantitative estimate of drug-likeness (QED) is 0.134. The number of unbranched alkanes of at least 4 members (excludes halogenated alkanes) is 1. The molecule has 180 valence electrons. The van der Waals surface area contributed by atoms with E-state index in [9.17, 15) is 0 Å². The Hall–Kier alpha value is -1.10. The van der Waals surface area contributed by atoms with Gasteiger partial charge in [-0.05, 0) is 37.2 Å².